The third-order valence-electron chi connectivity index (χ3n) is 4.22. The van der Waals surface area contributed by atoms with E-state index in [9.17, 15) is 10.1 Å². The van der Waals surface area contributed by atoms with Crippen molar-refractivity contribution < 1.29 is 9.53 Å². The molecule has 3 aromatic rings. The molecule has 30 heavy (non-hydrogen) atoms. The Labute approximate surface area is 192 Å². The van der Waals surface area contributed by atoms with Crippen LogP contribution in [-0.2, 0) is 11.4 Å². The minimum absolute atomic E-state index is 0.0203. The topological polar surface area (TPSA) is 62.1 Å². The number of anilines is 1. The van der Waals surface area contributed by atoms with Gasteiger partial charge in [0.2, 0.25) is 0 Å². The Balaban J connectivity index is 1.70. The Morgan fingerprint density at radius 2 is 1.87 bits per heavy atom. The molecule has 0 spiro atoms. The highest BCUT2D eigenvalue weighted by molar-refractivity contribution is 9.10. The van der Waals surface area contributed by atoms with Gasteiger partial charge < -0.3 is 10.1 Å². The molecule has 3 aromatic carbocycles. The first-order valence-electron chi connectivity index (χ1n) is 9.11. The molecule has 0 aliphatic heterocycles. The van der Waals surface area contributed by atoms with Gasteiger partial charge in [-0.3, -0.25) is 4.79 Å². The minimum atomic E-state index is -0.449. The van der Waals surface area contributed by atoms with E-state index >= 15 is 0 Å². The van der Waals surface area contributed by atoms with Crippen LogP contribution in [0, 0.1) is 18.3 Å². The Kier molecular flexibility index (Phi) is 7.45. The fourth-order valence-electron chi connectivity index (χ4n) is 2.70. The van der Waals surface area contributed by atoms with Crippen molar-refractivity contribution in [2.45, 2.75) is 13.5 Å². The van der Waals surface area contributed by atoms with Gasteiger partial charge in [0.25, 0.3) is 5.91 Å². The number of ether oxygens (including phenoxy) is 1. The van der Waals surface area contributed by atoms with E-state index in [1.54, 1.807) is 18.2 Å². The summed E-state index contributed by atoms with van der Waals surface area (Å²) < 4.78 is 7.62. The molecule has 1 amide bonds. The van der Waals surface area contributed by atoms with E-state index < -0.39 is 5.91 Å². The molecule has 150 valence electrons. The number of nitrogens with zero attached hydrogens (tertiary/aromatic N) is 1. The van der Waals surface area contributed by atoms with E-state index in [2.05, 4.69) is 37.2 Å². The van der Waals surface area contributed by atoms with Crippen molar-refractivity contribution in [1.29, 1.82) is 5.26 Å². The lowest BCUT2D eigenvalue weighted by molar-refractivity contribution is -0.112. The second kappa shape index (κ2) is 10.2. The molecule has 3 rings (SSSR count). The fraction of sp³-hybridized carbons (Fsp3) is 0.0833. The summed E-state index contributed by atoms with van der Waals surface area (Å²) in [7, 11) is 0. The maximum absolute atomic E-state index is 12.5. The molecule has 0 saturated carbocycles. The first-order valence-corrected chi connectivity index (χ1v) is 10.7. The monoisotopic (exact) mass is 524 g/mol. The molecule has 4 nitrogen and oxygen atoms in total. The summed E-state index contributed by atoms with van der Waals surface area (Å²) in [5, 5.41) is 12.2. The quantitative estimate of drug-likeness (QED) is 0.289. The molecule has 0 radical (unpaired) electrons. The van der Waals surface area contributed by atoms with Crippen LogP contribution in [0.15, 0.2) is 81.2 Å². The van der Waals surface area contributed by atoms with Crippen LogP contribution in [0.2, 0.25) is 0 Å². The van der Waals surface area contributed by atoms with E-state index in [1.807, 2.05) is 67.6 Å². The highest BCUT2D eigenvalue weighted by Gasteiger charge is 2.11. The fourth-order valence-corrected chi connectivity index (χ4v) is 3.48. The smallest absolute Gasteiger partial charge is 0.266 e. The highest BCUT2D eigenvalue weighted by Crippen LogP contribution is 2.28. The largest absolute Gasteiger partial charge is 0.488 e. The van der Waals surface area contributed by atoms with Crippen molar-refractivity contribution >= 4 is 49.5 Å². The summed E-state index contributed by atoms with van der Waals surface area (Å²) in [6.45, 7) is 2.37. The first-order chi connectivity index (χ1) is 14.4. The number of benzene rings is 3. The summed E-state index contributed by atoms with van der Waals surface area (Å²) >= 11 is 6.91. The van der Waals surface area contributed by atoms with Gasteiger partial charge in [0.05, 0.1) is 4.47 Å². The highest BCUT2D eigenvalue weighted by atomic mass is 79.9. The molecule has 0 aromatic heterocycles. The van der Waals surface area contributed by atoms with Gasteiger partial charge in [0, 0.05) is 10.2 Å². The third kappa shape index (κ3) is 6.06. The summed E-state index contributed by atoms with van der Waals surface area (Å²) in [6, 6.07) is 22.7. The molecule has 0 heterocycles. The molecule has 0 bridgehead atoms. The number of carbonyl (C=O) groups excluding carboxylic acids is 1. The number of carbonyl (C=O) groups is 1. The van der Waals surface area contributed by atoms with E-state index in [4.69, 9.17) is 4.74 Å². The van der Waals surface area contributed by atoms with Crippen LogP contribution in [0.1, 0.15) is 16.7 Å². The van der Waals surface area contributed by atoms with Crippen molar-refractivity contribution in [2.24, 2.45) is 0 Å². The number of aryl methyl sites for hydroxylation is 1. The van der Waals surface area contributed by atoms with Crippen molar-refractivity contribution in [3.8, 4) is 11.8 Å². The number of nitriles is 1. The lowest BCUT2D eigenvalue weighted by atomic mass is 10.1. The zero-order valence-corrected chi connectivity index (χ0v) is 19.3. The number of halogens is 2. The van der Waals surface area contributed by atoms with Crippen LogP contribution >= 0.6 is 31.9 Å². The van der Waals surface area contributed by atoms with E-state index in [0.717, 1.165) is 20.1 Å². The average Bonchev–Trinajstić information content (AvgIpc) is 2.72. The molecular formula is C24H18Br2N2O2. The predicted octanol–water partition coefficient (Wildman–Crippen LogP) is 6.64. The maximum Gasteiger partial charge on any atom is 0.266 e. The van der Waals surface area contributed by atoms with Gasteiger partial charge in [-0.05, 0) is 82.0 Å². The Hall–Kier alpha value is -2.88. The zero-order chi connectivity index (χ0) is 21.5. The summed E-state index contributed by atoms with van der Waals surface area (Å²) in [6.07, 6.45) is 1.55. The van der Waals surface area contributed by atoms with Gasteiger partial charge in [-0.1, -0.05) is 46.3 Å². The van der Waals surface area contributed by atoms with Crippen LogP contribution in [0.4, 0.5) is 5.69 Å². The molecule has 0 atom stereocenters. The molecule has 0 aliphatic carbocycles. The molecular weight excluding hydrogens is 508 g/mol. The molecule has 6 heteroatoms. The number of rotatable bonds is 6. The molecule has 0 saturated heterocycles. The van der Waals surface area contributed by atoms with Crippen molar-refractivity contribution in [3.05, 3.63) is 97.9 Å². The Morgan fingerprint density at radius 1 is 1.10 bits per heavy atom. The Morgan fingerprint density at radius 3 is 2.53 bits per heavy atom. The summed E-state index contributed by atoms with van der Waals surface area (Å²) in [5.41, 5.74) is 3.46. The normalized spacial score (nSPS) is 10.9. The van der Waals surface area contributed by atoms with Crippen molar-refractivity contribution in [3.63, 3.8) is 0 Å². The first kappa shape index (κ1) is 21.8. The van der Waals surface area contributed by atoms with Gasteiger partial charge >= 0.3 is 0 Å². The predicted molar refractivity (Wildman–Crippen MR) is 126 cm³/mol. The van der Waals surface area contributed by atoms with E-state index in [-0.39, 0.29) is 5.57 Å². The van der Waals surface area contributed by atoms with Crippen LogP contribution in [0.3, 0.4) is 0 Å². The van der Waals surface area contributed by atoms with Gasteiger partial charge in [-0.25, -0.2) is 0 Å². The second-order valence-corrected chi connectivity index (χ2v) is 8.37. The standard InChI is InChI=1S/C24H18Br2N2O2/c1-16-3-2-4-21(11-16)28-24(29)19(14-27)12-18-7-10-23(22(26)13-18)30-15-17-5-8-20(25)9-6-17/h2-13H,15H2,1H3,(H,28,29)/b19-12-. The third-order valence-corrected chi connectivity index (χ3v) is 5.36. The SMILES string of the molecule is Cc1cccc(NC(=O)/C(C#N)=C\c2ccc(OCc3ccc(Br)cc3)c(Br)c2)c1. The Bertz CT molecular complexity index is 1130. The number of hydrogen-bond donors (Lipinski definition) is 1. The lowest BCUT2D eigenvalue weighted by Gasteiger charge is -2.09. The van der Waals surface area contributed by atoms with Crippen LogP contribution < -0.4 is 10.1 Å². The van der Waals surface area contributed by atoms with Gasteiger partial charge in [-0.15, -0.1) is 0 Å². The van der Waals surface area contributed by atoms with Crippen LogP contribution in [0.5, 0.6) is 5.75 Å². The van der Waals surface area contributed by atoms with Crippen molar-refractivity contribution in [1.82, 2.24) is 0 Å². The van der Waals surface area contributed by atoms with Gasteiger partial charge in [0.1, 0.15) is 24.0 Å². The van der Waals surface area contributed by atoms with Crippen LogP contribution in [0.25, 0.3) is 6.08 Å². The van der Waals surface area contributed by atoms with Gasteiger partial charge in [0.15, 0.2) is 0 Å². The second-order valence-electron chi connectivity index (χ2n) is 6.60. The molecule has 0 fully saturated rings. The molecule has 1 N–H and O–H groups in total. The minimum Gasteiger partial charge on any atom is -0.488 e. The molecule has 0 unspecified atom stereocenters. The van der Waals surface area contributed by atoms with E-state index in [1.165, 1.54) is 0 Å². The van der Waals surface area contributed by atoms with Gasteiger partial charge in [-0.2, -0.15) is 5.26 Å². The summed E-state index contributed by atoms with van der Waals surface area (Å²) in [5.74, 6) is 0.229. The number of amides is 1. The van der Waals surface area contributed by atoms with Crippen LogP contribution in [-0.4, -0.2) is 5.91 Å². The van der Waals surface area contributed by atoms with E-state index in [0.29, 0.717) is 23.6 Å². The number of nitrogens with one attached hydrogen (secondary N) is 1. The average molecular weight is 526 g/mol. The lowest BCUT2D eigenvalue weighted by Crippen LogP contribution is -2.13. The molecule has 0 aliphatic rings. The maximum atomic E-state index is 12.5. The zero-order valence-electron chi connectivity index (χ0n) is 16.2. The summed E-state index contributed by atoms with van der Waals surface area (Å²) in [4.78, 5) is 12.5. The number of hydrogen-bond acceptors (Lipinski definition) is 3. The van der Waals surface area contributed by atoms with Crippen molar-refractivity contribution in [2.75, 3.05) is 5.32 Å².